The summed E-state index contributed by atoms with van der Waals surface area (Å²) in [5, 5.41) is 5.66. The molecule has 3 amide bonds. The summed E-state index contributed by atoms with van der Waals surface area (Å²) in [6, 6.07) is 8.89. The number of anilines is 2. The van der Waals surface area contributed by atoms with Crippen molar-refractivity contribution in [3.05, 3.63) is 47.9 Å². The van der Waals surface area contributed by atoms with Gasteiger partial charge in [-0.05, 0) is 56.2 Å². The smallest absolute Gasteiger partial charge is 0.319 e. The van der Waals surface area contributed by atoms with Crippen molar-refractivity contribution in [2.45, 2.75) is 39.8 Å². The van der Waals surface area contributed by atoms with Gasteiger partial charge in [-0.2, -0.15) is 0 Å². The van der Waals surface area contributed by atoms with Crippen LogP contribution in [-0.2, 0) is 6.54 Å². The number of hydrogen-bond donors (Lipinski definition) is 2. The van der Waals surface area contributed by atoms with Crippen molar-refractivity contribution in [1.29, 1.82) is 0 Å². The van der Waals surface area contributed by atoms with E-state index in [0.717, 1.165) is 17.7 Å². The summed E-state index contributed by atoms with van der Waals surface area (Å²) in [5.41, 5.74) is 2.62. The third kappa shape index (κ3) is 5.77. The van der Waals surface area contributed by atoms with Gasteiger partial charge in [0.2, 0.25) is 0 Å². The summed E-state index contributed by atoms with van der Waals surface area (Å²) in [6.45, 7) is 6.87. The normalized spacial score (nSPS) is 10.6. The van der Waals surface area contributed by atoms with Crippen molar-refractivity contribution >= 4 is 23.3 Å². The molecule has 2 aromatic rings. The topological polar surface area (TPSA) is 77.8 Å². The molecule has 2 N–H and O–H groups in total. The number of furan rings is 1. The predicted molar refractivity (Wildman–Crippen MR) is 112 cm³/mol. The molecule has 0 aliphatic carbocycles. The van der Waals surface area contributed by atoms with Gasteiger partial charge in [0.1, 0.15) is 0 Å². The minimum atomic E-state index is -0.254. The number of rotatable bonds is 8. The number of benzene rings is 1. The van der Waals surface area contributed by atoms with E-state index in [1.807, 2.05) is 58.0 Å². The number of carbonyl (C=O) groups is 2. The molecule has 1 aromatic heterocycles. The number of nitrogens with one attached hydrogen (secondary N) is 2. The van der Waals surface area contributed by atoms with Gasteiger partial charge in [-0.25, -0.2) is 4.79 Å². The molecule has 0 fully saturated rings. The van der Waals surface area contributed by atoms with E-state index in [-0.39, 0.29) is 18.0 Å². The summed E-state index contributed by atoms with van der Waals surface area (Å²) in [4.78, 5) is 28.6. The fourth-order valence-corrected chi connectivity index (χ4v) is 2.94. The van der Waals surface area contributed by atoms with Gasteiger partial charge in [-0.1, -0.05) is 6.92 Å². The van der Waals surface area contributed by atoms with Crippen LogP contribution in [0.15, 0.2) is 41.0 Å². The molecule has 0 aliphatic rings. The first-order valence-electron chi connectivity index (χ1n) is 9.52. The number of hydrogen-bond acceptors (Lipinski definition) is 4. The Morgan fingerprint density at radius 3 is 2.50 bits per heavy atom. The van der Waals surface area contributed by atoms with E-state index >= 15 is 0 Å². The molecule has 0 bridgehead atoms. The summed E-state index contributed by atoms with van der Waals surface area (Å²) in [5.74, 6) is 0.179. The molecule has 152 valence electrons. The average Bonchev–Trinajstić information content (AvgIpc) is 3.14. The minimum absolute atomic E-state index is 0.0477. The van der Waals surface area contributed by atoms with Gasteiger partial charge >= 0.3 is 6.03 Å². The van der Waals surface area contributed by atoms with Crippen molar-refractivity contribution < 1.29 is 14.0 Å². The van der Waals surface area contributed by atoms with Crippen LogP contribution in [0.1, 0.15) is 43.3 Å². The molecular formula is C21H30N4O3. The van der Waals surface area contributed by atoms with E-state index in [0.29, 0.717) is 24.5 Å². The van der Waals surface area contributed by atoms with Gasteiger partial charge in [0.25, 0.3) is 5.91 Å². The third-order valence-corrected chi connectivity index (χ3v) is 4.11. The molecule has 1 aromatic carbocycles. The Kier molecular flexibility index (Phi) is 7.49. The second kappa shape index (κ2) is 9.82. The molecule has 0 spiro atoms. The molecule has 2 rings (SSSR count). The van der Waals surface area contributed by atoms with Crippen LogP contribution in [0, 0.1) is 0 Å². The first kappa shape index (κ1) is 21.3. The van der Waals surface area contributed by atoms with E-state index in [4.69, 9.17) is 4.42 Å². The molecular weight excluding hydrogens is 356 g/mol. The molecule has 0 atom stereocenters. The van der Waals surface area contributed by atoms with Crippen LogP contribution in [-0.4, -0.2) is 43.5 Å². The van der Waals surface area contributed by atoms with E-state index in [1.54, 1.807) is 17.0 Å². The van der Waals surface area contributed by atoms with E-state index < -0.39 is 0 Å². The fraction of sp³-hybridized carbons (Fsp3) is 0.429. The summed E-state index contributed by atoms with van der Waals surface area (Å²) in [7, 11) is 3.91. The van der Waals surface area contributed by atoms with Gasteiger partial charge in [0.15, 0.2) is 5.76 Å². The van der Waals surface area contributed by atoms with Gasteiger partial charge in [-0.3, -0.25) is 4.79 Å². The summed E-state index contributed by atoms with van der Waals surface area (Å²) < 4.78 is 5.28. The molecule has 0 saturated carbocycles. The van der Waals surface area contributed by atoms with Gasteiger partial charge in [-0.15, -0.1) is 0 Å². The van der Waals surface area contributed by atoms with Crippen molar-refractivity contribution in [1.82, 2.24) is 10.2 Å². The Hall–Kier alpha value is -2.96. The van der Waals surface area contributed by atoms with Crippen LogP contribution in [0.4, 0.5) is 16.2 Å². The van der Waals surface area contributed by atoms with Crippen LogP contribution in [0.3, 0.4) is 0 Å². The fourth-order valence-electron chi connectivity index (χ4n) is 2.94. The van der Waals surface area contributed by atoms with Crippen molar-refractivity contribution in [3.8, 4) is 0 Å². The van der Waals surface area contributed by atoms with Crippen LogP contribution in [0.2, 0.25) is 0 Å². The monoisotopic (exact) mass is 386 g/mol. The predicted octanol–water partition coefficient (Wildman–Crippen LogP) is 3.93. The quantitative estimate of drug-likeness (QED) is 0.721. The Labute approximate surface area is 166 Å². The molecule has 28 heavy (non-hydrogen) atoms. The van der Waals surface area contributed by atoms with Crippen LogP contribution in [0.5, 0.6) is 0 Å². The zero-order valence-electron chi connectivity index (χ0n) is 17.3. The zero-order chi connectivity index (χ0) is 20.7. The average molecular weight is 386 g/mol. The molecule has 0 radical (unpaired) electrons. The summed E-state index contributed by atoms with van der Waals surface area (Å²) in [6.07, 6.45) is 2.33. The lowest BCUT2D eigenvalue weighted by molar-refractivity contribution is 0.0711. The van der Waals surface area contributed by atoms with Crippen LogP contribution < -0.4 is 15.5 Å². The third-order valence-electron chi connectivity index (χ3n) is 4.11. The summed E-state index contributed by atoms with van der Waals surface area (Å²) >= 11 is 0. The SMILES string of the molecule is CCCN(Cc1cc(NC(=O)NC(C)C)ccc1N(C)C)C(=O)c1ccco1. The van der Waals surface area contributed by atoms with Crippen molar-refractivity contribution in [3.63, 3.8) is 0 Å². The maximum atomic E-state index is 12.8. The first-order valence-corrected chi connectivity index (χ1v) is 9.52. The highest BCUT2D eigenvalue weighted by atomic mass is 16.3. The number of carbonyl (C=O) groups excluding carboxylic acids is 2. The number of amides is 3. The largest absolute Gasteiger partial charge is 0.459 e. The molecule has 0 aliphatic heterocycles. The highest BCUT2D eigenvalue weighted by Crippen LogP contribution is 2.25. The maximum Gasteiger partial charge on any atom is 0.319 e. The number of nitrogens with zero attached hydrogens (tertiary/aromatic N) is 2. The first-order chi connectivity index (χ1) is 13.3. The minimum Gasteiger partial charge on any atom is -0.459 e. The Balaban J connectivity index is 2.27. The molecule has 0 unspecified atom stereocenters. The zero-order valence-corrected chi connectivity index (χ0v) is 17.3. The Morgan fingerprint density at radius 2 is 1.93 bits per heavy atom. The van der Waals surface area contributed by atoms with E-state index in [2.05, 4.69) is 10.6 Å². The Morgan fingerprint density at radius 1 is 1.18 bits per heavy atom. The second-order valence-corrected chi connectivity index (χ2v) is 7.20. The molecule has 1 heterocycles. The lowest BCUT2D eigenvalue weighted by atomic mass is 10.1. The van der Waals surface area contributed by atoms with E-state index in [1.165, 1.54) is 6.26 Å². The lowest BCUT2D eigenvalue weighted by Gasteiger charge is -2.25. The van der Waals surface area contributed by atoms with Gasteiger partial charge in [0, 0.05) is 44.6 Å². The highest BCUT2D eigenvalue weighted by molar-refractivity contribution is 5.92. The highest BCUT2D eigenvalue weighted by Gasteiger charge is 2.20. The molecule has 7 heteroatoms. The molecule has 7 nitrogen and oxygen atoms in total. The molecule has 0 saturated heterocycles. The number of urea groups is 1. The maximum absolute atomic E-state index is 12.8. The van der Waals surface area contributed by atoms with Crippen molar-refractivity contribution in [2.75, 3.05) is 30.9 Å². The van der Waals surface area contributed by atoms with E-state index in [9.17, 15) is 9.59 Å². The van der Waals surface area contributed by atoms with Gasteiger partial charge < -0.3 is 24.9 Å². The lowest BCUT2D eigenvalue weighted by Crippen LogP contribution is -2.34. The van der Waals surface area contributed by atoms with Gasteiger partial charge in [0.05, 0.1) is 6.26 Å². The van der Waals surface area contributed by atoms with Crippen LogP contribution >= 0.6 is 0 Å². The van der Waals surface area contributed by atoms with Crippen molar-refractivity contribution in [2.24, 2.45) is 0 Å². The second-order valence-electron chi connectivity index (χ2n) is 7.20. The van der Waals surface area contributed by atoms with Crippen LogP contribution in [0.25, 0.3) is 0 Å². The standard InChI is InChI=1S/C21H30N4O3/c1-6-11-25(20(26)19-8-7-12-28-19)14-16-13-17(9-10-18(16)24(4)5)23-21(27)22-15(2)3/h7-10,12-13,15H,6,11,14H2,1-5H3,(H2,22,23,27). The Bertz CT molecular complexity index is 785.